The largest absolute Gasteiger partial charge is 0.378 e. The van der Waals surface area contributed by atoms with Gasteiger partial charge in [0.2, 0.25) is 5.95 Å². The second-order valence-electron chi connectivity index (χ2n) is 9.40. The highest BCUT2D eigenvalue weighted by Crippen LogP contribution is 2.43. The summed E-state index contributed by atoms with van der Waals surface area (Å²) in [7, 11) is 0. The molecule has 1 spiro atoms. The minimum atomic E-state index is -0.000113. The smallest absolute Gasteiger partial charge is 0.255 e. The molecule has 1 aromatic carbocycles. The third-order valence-corrected chi connectivity index (χ3v) is 7.51. The molecule has 8 heteroatoms. The van der Waals surface area contributed by atoms with Crippen LogP contribution in [0.3, 0.4) is 0 Å². The van der Waals surface area contributed by atoms with E-state index < -0.39 is 0 Å². The van der Waals surface area contributed by atoms with Gasteiger partial charge in [0, 0.05) is 43.7 Å². The first-order valence-electron chi connectivity index (χ1n) is 11.8. The van der Waals surface area contributed by atoms with Crippen LogP contribution in [0.4, 0.5) is 5.95 Å². The van der Waals surface area contributed by atoms with Gasteiger partial charge >= 0.3 is 0 Å². The number of piperidine rings is 1. The van der Waals surface area contributed by atoms with Gasteiger partial charge in [0.15, 0.2) is 0 Å². The second kappa shape index (κ2) is 8.01. The molecular formula is C24H30N6O2. The van der Waals surface area contributed by atoms with Crippen molar-refractivity contribution in [3.63, 3.8) is 0 Å². The maximum atomic E-state index is 12.9. The van der Waals surface area contributed by atoms with Crippen molar-refractivity contribution in [1.82, 2.24) is 24.4 Å². The molecule has 3 aliphatic rings. The number of nitrogens with zero attached hydrogens (tertiary/aromatic N) is 5. The number of morpholine rings is 1. The monoisotopic (exact) mass is 434 g/mol. The second-order valence-corrected chi connectivity index (χ2v) is 9.40. The third-order valence-electron chi connectivity index (χ3n) is 7.51. The molecule has 3 aromatic rings. The Kier molecular flexibility index (Phi) is 4.99. The molecule has 6 rings (SSSR count). The van der Waals surface area contributed by atoms with Gasteiger partial charge in [-0.2, -0.15) is 0 Å². The van der Waals surface area contributed by atoms with Gasteiger partial charge in [0.05, 0.1) is 36.3 Å². The molecule has 0 radical (unpaired) electrons. The lowest BCUT2D eigenvalue weighted by Crippen LogP contribution is -2.47. The Morgan fingerprint density at radius 1 is 1.09 bits per heavy atom. The number of imidazole rings is 1. The molecule has 2 aromatic heterocycles. The summed E-state index contributed by atoms with van der Waals surface area (Å²) < 4.78 is 7.73. The lowest BCUT2D eigenvalue weighted by atomic mass is 9.77. The Morgan fingerprint density at radius 2 is 1.97 bits per heavy atom. The van der Waals surface area contributed by atoms with E-state index in [-0.39, 0.29) is 11.0 Å². The predicted molar refractivity (Wildman–Crippen MR) is 123 cm³/mol. The lowest BCUT2D eigenvalue weighted by molar-refractivity contribution is 0.121. The standard InChI is InChI=1S/C24H30N6O2/c31-22-18-6-8-24(21(18)26-23(27-22)29-12-14-32-15-13-29)7-3-9-28(16-24)10-11-30-17-25-19-4-1-2-5-20(19)30/h1-2,4-5,17H,3,6-16H2,(H,26,27,31). The zero-order valence-electron chi connectivity index (χ0n) is 18.4. The molecule has 2 saturated heterocycles. The SMILES string of the molecule is O=c1[nH]c(N2CCOCC2)nc2c1CCC21CCCN(CCn2cnc3ccccc32)C1. The van der Waals surface area contributed by atoms with E-state index in [0.717, 1.165) is 87.7 Å². The van der Waals surface area contributed by atoms with Gasteiger partial charge in [-0.1, -0.05) is 12.1 Å². The van der Waals surface area contributed by atoms with Crippen LogP contribution in [0.2, 0.25) is 0 Å². The Balaban J connectivity index is 1.23. The molecule has 1 unspecified atom stereocenters. The fourth-order valence-electron chi connectivity index (χ4n) is 5.82. The summed E-state index contributed by atoms with van der Waals surface area (Å²) in [5.41, 5.74) is 4.25. The fraction of sp³-hybridized carbons (Fsp3) is 0.542. The van der Waals surface area contributed by atoms with Gasteiger partial charge in [-0.3, -0.25) is 9.78 Å². The van der Waals surface area contributed by atoms with Gasteiger partial charge in [0.25, 0.3) is 5.56 Å². The van der Waals surface area contributed by atoms with E-state index in [2.05, 4.69) is 42.5 Å². The van der Waals surface area contributed by atoms with Crippen molar-refractivity contribution >= 4 is 17.0 Å². The maximum absolute atomic E-state index is 12.9. The molecular weight excluding hydrogens is 404 g/mol. The summed E-state index contributed by atoms with van der Waals surface area (Å²) in [4.78, 5) is 30.3. The average Bonchev–Trinajstić information content (AvgIpc) is 3.40. The summed E-state index contributed by atoms with van der Waals surface area (Å²) in [5.74, 6) is 0.723. The number of ether oxygens (including phenoxy) is 1. The van der Waals surface area contributed by atoms with Gasteiger partial charge in [0.1, 0.15) is 0 Å². The van der Waals surface area contributed by atoms with Crippen LogP contribution in [-0.4, -0.2) is 70.4 Å². The Morgan fingerprint density at radius 3 is 2.88 bits per heavy atom. The van der Waals surface area contributed by atoms with E-state index >= 15 is 0 Å². The maximum Gasteiger partial charge on any atom is 0.255 e. The number of H-pyrrole nitrogens is 1. The number of aromatic nitrogens is 4. The van der Waals surface area contributed by atoms with Gasteiger partial charge in [-0.25, -0.2) is 9.97 Å². The zero-order valence-corrected chi connectivity index (χ0v) is 18.4. The zero-order chi connectivity index (χ0) is 21.5. The quantitative estimate of drug-likeness (QED) is 0.676. The first-order valence-corrected chi connectivity index (χ1v) is 11.8. The number of benzene rings is 1. The van der Waals surface area contributed by atoms with Crippen LogP contribution in [0.15, 0.2) is 35.4 Å². The summed E-state index contributed by atoms with van der Waals surface area (Å²) in [6.45, 7) is 6.90. The molecule has 2 aliphatic heterocycles. The van der Waals surface area contributed by atoms with Crippen molar-refractivity contribution in [1.29, 1.82) is 0 Å². The molecule has 32 heavy (non-hydrogen) atoms. The van der Waals surface area contributed by atoms with E-state index in [1.165, 1.54) is 5.52 Å². The molecule has 1 atom stereocenters. The van der Waals surface area contributed by atoms with Crippen LogP contribution >= 0.6 is 0 Å². The van der Waals surface area contributed by atoms with Crippen molar-refractivity contribution in [2.45, 2.75) is 37.6 Å². The summed E-state index contributed by atoms with van der Waals surface area (Å²) in [6, 6.07) is 8.30. The highest BCUT2D eigenvalue weighted by atomic mass is 16.5. The topological polar surface area (TPSA) is 79.3 Å². The van der Waals surface area contributed by atoms with Crippen LogP contribution in [-0.2, 0) is 23.1 Å². The van der Waals surface area contributed by atoms with Gasteiger partial charge < -0.3 is 19.1 Å². The first kappa shape index (κ1) is 19.9. The van der Waals surface area contributed by atoms with E-state index in [1.807, 2.05) is 12.4 Å². The normalized spacial score (nSPS) is 23.8. The Hall–Kier alpha value is -2.71. The van der Waals surface area contributed by atoms with E-state index in [1.54, 1.807) is 0 Å². The number of aromatic amines is 1. The predicted octanol–water partition coefficient (Wildman–Crippen LogP) is 1.94. The van der Waals surface area contributed by atoms with Crippen molar-refractivity contribution in [3.05, 3.63) is 52.2 Å². The van der Waals surface area contributed by atoms with Crippen LogP contribution in [0, 0.1) is 0 Å². The highest BCUT2D eigenvalue weighted by molar-refractivity contribution is 5.74. The van der Waals surface area contributed by atoms with E-state index in [9.17, 15) is 4.79 Å². The highest BCUT2D eigenvalue weighted by Gasteiger charge is 2.44. The number of rotatable bonds is 4. The van der Waals surface area contributed by atoms with Crippen molar-refractivity contribution in [2.24, 2.45) is 0 Å². The molecule has 2 fully saturated rings. The number of nitrogens with one attached hydrogen (secondary N) is 1. The van der Waals surface area contributed by atoms with Gasteiger partial charge in [-0.15, -0.1) is 0 Å². The number of hydrogen-bond donors (Lipinski definition) is 1. The number of para-hydroxylation sites is 2. The van der Waals surface area contributed by atoms with Gasteiger partial charge in [-0.05, 0) is 44.4 Å². The molecule has 4 heterocycles. The Labute approximate surface area is 187 Å². The summed E-state index contributed by atoms with van der Waals surface area (Å²) in [6.07, 6.45) is 6.07. The molecule has 1 N–H and O–H groups in total. The Bertz CT molecular complexity index is 1180. The van der Waals surface area contributed by atoms with Crippen molar-refractivity contribution < 1.29 is 4.74 Å². The van der Waals surface area contributed by atoms with Crippen LogP contribution < -0.4 is 10.5 Å². The van der Waals surface area contributed by atoms with Crippen molar-refractivity contribution in [2.75, 3.05) is 50.8 Å². The molecule has 1 aliphatic carbocycles. The van der Waals surface area contributed by atoms with E-state index in [4.69, 9.17) is 9.72 Å². The minimum absolute atomic E-state index is 0.000113. The molecule has 0 bridgehead atoms. The molecule has 168 valence electrons. The van der Waals surface area contributed by atoms with E-state index in [0.29, 0.717) is 13.2 Å². The molecule has 0 amide bonds. The number of fused-ring (bicyclic) bond motifs is 3. The minimum Gasteiger partial charge on any atom is -0.378 e. The average molecular weight is 435 g/mol. The fourth-order valence-corrected chi connectivity index (χ4v) is 5.82. The third kappa shape index (κ3) is 3.42. The van der Waals surface area contributed by atoms with Crippen LogP contribution in [0.1, 0.15) is 30.5 Å². The van der Waals surface area contributed by atoms with Crippen LogP contribution in [0.25, 0.3) is 11.0 Å². The lowest BCUT2D eigenvalue weighted by Gasteiger charge is -2.41. The first-order chi connectivity index (χ1) is 15.7. The summed E-state index contributed by atoms with van der Waals surface area (Å²) in [5, 5.41) is 0. The molecule has 8 nitrogen and oxygen atoms in total. The number of anilines is 1. The number of likely N-dealkylation sites (tertiary alicyclic amines) is 1. The number of hydrogen-bond acceptors (Lipinski definition) is 6. The van der Waals surface area contributed by atoms with Crippen molar-refractivity contribution in [3.8, 4) is 0 Å². The summed E-state index contributed by atoms with van der Waals surface area (Å²) >= 11 is 0. The molecule has 0 saturated carbocycles. The van der Waals surface area contributed by atoms with Crippen LogP contribution in [0.5, 0.6) is 0 Å².